The van der Waals surface area contributed by atoms with Crippen LogP contribution in [0, 0.1) is 5.92 Å². The average Bonchev–Trinajstić information content (AvgIpc) is 2.73. The number of hydrogen-bond donors (Lipinski definition) is 3. The Hall–Kier alpha value is -2.95. The van der Waals surface area contributed by atoms with E-state index in [9.17, 15) is 15.0 Å². The van der Waals surface area contributed by atoms with Crippen molar-refractivity contribution in [2.45, 2.75) is 64.0 Å². The molecule has 2 aromatic carbocycles. The Morgan fingerprint density at radius 3 is 2.77 bits per heavy atom. The Kier molecular flexibility index (Phi) is 6.21. The highest BCUT2D eigenvalue weighted by Gasteiger charge is 2.39. The van der Waals surface area contributed by atoms with Crippen LogP contribution < -0.4 is 10.1 Å². The largest absolute Gasteiger partial charge is 0.507 e. The van der Waals surface area contributed by atoms with Gasteiger partial charge in [0.1, 0.15) is 11.5 Å². The highest BCUT2D eigenvalue weighted by atomic mass is 16.5. The Balaban J connectivity index is 1.45. The van der Waals surface area contributed by atoms with Gasteiger partial charge in [-0.1, -0.05) is 36.4 Å². The van der Waals surface area contributed by atoms with E-state index in [0.717, 1.165) is 30.5 Å². The molecule has 0 saturated carbocycles. The molecule has 1 heterocycles. The maximum Gasteiger partial charge on any atom is 0.331 e. The van der Waals surface area contributed by atoms with E-state index in [1.165, 1.54) is 5.56 Å². The molecule has 0 amide bonds. The van der Waals surface area contributed by atoms with Crippen LogP contribution in [0.3, 0.4) is 0 Å². The third-order valence-electron chi connectivity index (χ3n) is 6.65. The van der Waals surface area contributed by atoms with Gasteiger partial charge in [-0.25, -0.2) is 4.79 Å². The van der Waals surface area contributed by atoms with E-state index < -0.39 is 5.97 Å². The molecule has 31 heavy (non-hydrogen) atoms. The van der Waals surface area contributed by atoms with E-state index in [0.29, 0.717) is 24.2 Å². The highest BCUT2D eigenvalue weighted by molar-refractivity contribution is 5.87. The first-order chi connectivity index (χ1) is 14.9. The molecule has 0 aromatic heterocycles. The number of hydrogen-bond acceptors (Lipinski definition) is 4. The second-order valence-corrected chi connectivity index (χ2v) is 8.89. The van der Waals surface area contributed by atoms with Gasteiger partial charge in [-0.3, -0.25) is 0 Å². The number of phenolic OH excluding ortho intramolecular Hbond substituents is 1. The van der Waals surface area contributed by atoms with Gasteiger partial charge in [0, 0.05) is 35.0 Å². The number of benzene rings is 2. The Labute approximate surface area is 183 Å². The maximum atomic E-state index is 11.5. The fourth-order valence-corrected chi connectivity index (χ4v) is 5.03. The molecule has 5 nitrogen and oxygen atoms in total. The number of aryl methyl sites for hydroxylation is 1. The summed E-state index contributed by atoms with van der Waals surface area (Å²) in [5, 5.41) is 23.8. The summed E-state index contributed by atoms with van der Waals surface area (Å²) in [6, 6.07) is 14.3. The van der Waals surface area contributed by atoms with Crippen molar-refractivity contribution in [3.8, 4) is 11.5 Å². The number of aliphatic carboxylic acids is 1. The molecule has 0 fully saturated rings. The number of fused-ring (bicyclic) bond motifs is 3. The molecule has 1 aliphatic heterocycles. The lowest BCUT2D eigenvalue weighted by Crippen LogP contribution is -2.37. The van der Waals surface area contributed by atoms with Crippen molar-refractivity contribution >= 4 is 11.7 Å². The first-order valence-corrected chi connectivity index (χ1v) is 11.2. The van der Waals surface area contributed by atoms with E-state index in [1.54, 1.807) is 6.07 Å². The zero-order valence-corrected chi connectivity index (χ0v) is 18.2. The van der Waals surface area contributed by atoms with Crippen molar-refractivity contribution in [3.63, 3.8) is 0 Å². The number of carboxylic acids is 1. The first-order valence-electron chi connectivity index (χ1n) is 11.2. The molecule has 0 radical (unpaired) electrons. The molecule has 2 aromatic rings. The zero-order valence-electron chi connectivity index (χ0n) is 18.2. The van der Waals surface area contributed by atoms with Crippen LogP contribution in [0.25, 0.3) is 0 Å². The minimum absolute atomic E-state index is 0.000282. The van der Waals surface area contributed by atoms with Gasteiger partial charge in [-0.2, -0.15) is 0 Å². The summed E-state index contributed by atoms with van der Waals surface area (Å²) in [5.74, 6) is 0.233. The molecule has 0 spiro atoms. The molecule has 0 bridgehead atoms. The van der Waals surface area contributed by atoms with Crippen LogP contribution in [0.4, 0.5) is 5.69 Å². The van der Waals surface area contributed by atoms with Crippen molar-refractivity contribution < 1.29 is 19.7 Å². The van der Waals surface area contributed by atoms with Gasteiger partial charge in [0.15, 0.2) is 0 Å². The molecule has 5 heteroatoms. The topological polar surface area (TPSA) is 78.8 Å². The Bertz CT molecular complexity index is 969. The third kappa shape index (κ3) is 4.71. The van der Waals surface area contributed by atoms with E-state index in [1.807, 2.05) is 18.2 Å². The van der Waals surface area contributed by atoms with E-state index in [4.69, 9.17) is 4.74 Å². The fourth-order valence-electron chi connectivity index (χ4n) is 5.03. The minimum Gasteiger partial charge on any atom is -0.507 e. The third-order valence-corrected chi connectivity index (χ3v) is 6.65. The average molecular weight is 422 g/mol. The van der Waals surface area contributed by atoms with Crippen LogP contribution in [0.2, 0.25) is 0 Å². The highest BCUT2D eigenvalue weighted by Crippen LogP contribution is 2.50. The number of allylic oxidation sites excluding steroid dienone is 1. The summed E-state index contributed by atoms with van der Waals surface area (Å²) in [6.07, 6.45) is 5.99. The minimum atomic E-state index is -0.866. The van der Waals surface area contributed by atoms with Crippen molar-refractivity contribution in [1.29, 1.82) is 0 Å². The van der Waals surface area contributed by atoms with Gasteiger partial charge in [-0.15, -0.1) is 0 Å². The number of carboxylic acid groups (broad SMARTS) is 1. The number of phenols is 1. The first kappa shape index (κ1) is 21.3. The van der Waals surface area contributed by atoms with E-state index in [-0.39, 0.29) is 29.7 Å². The summed E-state index contributed by atoms with van der Waals surface area (Å²) in [4.78, 5) is 11.5. The van der Waals surface area contributed by atoms with Crippen molar-refractivity contribution in [1.82, 2.24) is 0 Å². The van der Waals surface area contributed by atoms with Gasteiger partial charge in [-0.05, 0) is 63.4 Å². The quantitative estimate of drug-likeness (QED) is 0.550. The summed E-state index contributed by atoms with van der Waals surface area (Å²) in [6.45, 7) is 4.18. The fraction of sp³-hybridized carbons (Fsp3) is 0.423. The van der Waals surface area contributed by atoms with Crippen molar-refractivity contribution in [2.75, 3.05) is 5.32 Å². The van der Waals surface area contributed by atoms with Crippen LogP contribution >= 0.6 is 0 Å². The van der Waals surface area contributed by atoms with Crippen molar-refractivity contribution in [2.24, 2.45) is 5.92 Å². The van der Waals surface area contributed by atoms with Crippen molar-refractivity contribution in [3.05, 3.63) is 65.2 Å². The number of aromatic hydroxyl groups is 1. The molecule has 4 rings (SSSR count). The number of anilines is 1. The van der Waals surface area contributed by atoms with E-state index >= 15 is 0 Å². The molecule has 4 atom stereocenters. The standard InChI is InChI=1S/C26H31NO4/c1-16(7-6-10-18-8-4-3-5-9-18)31-20-14-23-25(24(28)15-20)22-13-19(26(29)30)11-12-21(22)17(2)27-23/h3-5,8-9,11,14-17,21-22,27-28H,6-7,10,12-13H2,1-2H3,(H,29,30)/t16?,17?,21-,22+/m0/s1. The summed E-state index contributed by atoms with van der Waals surface area (Å²) < 4.78 is 6.12. The Morgan fingerprint density at radius 1 is 1.26 bits per heavy atom. The summed E-state index contributed by atoms with van der Waals surface area (Å²) >= 11 is 0. The molecule has 0 saturated heterocycles. The molecule has 2 unspecified atom stereocenters. The molecule has 3 N–H and O–H groups in total. The predicted molar refractivity (Wildman–Crippen MR) is 122 cm³/mol. The SMILES string of the molecule is CC(CCCc1ccccc1)Oc1cc(O)c2c(c1)NC(C)[C@@H]1CC=C(C(=O)O)C[C@@H]21. The van der Waals surface area contributed by atoms with Gasteiger partial charge in [0.05, 0.1) is 6.10 Å². The second-order valence-electron chi connectivity index (χ2n) is 8.89. The zero-order chi connectivity index (χ0) is 22.0. The smallest absolute Gasteiger partial charge is 0.331 e. The van der Waals surface area contributed by atoms with Crippen LogP contribution in [-0.4, -0.2) is 28.3 Å². The number of nitrogens with one attached hydrogen (secondary N) is 1. The number of ether oxygens (including phenoxy) is 1. The molecule has 2 aliphatic rings. The number of rotatable bonds is 7. The van der Waals surface area contributed by atoms with Gasteiger partial charge < -0.3 is 20.3 Å². The van der Waals surface area contributed by atoms with Crippen LogP contribution in [0.1, 0.15) is 56.6 Å². The lowest BCUT2D eigenvalue weighted by atomic mass is 9.70. The van der Waals surface area contributed by atoms with Gasteiger partial charge in [0.25, 0.3) is 0 Å². The Morgan fingerprint density at radius 2 is 2.03 bits per heavy atom. The molecule has 1 aliphatic carbocycles. The molecular weight excluding hydrogens is 390 g/mol. The molecular formula is C26H31NO4. The van der Waals surface area contributed by atoms with Crippen LogP contribution in [0.15, 0.2) is 54.1 Å². The normalized spacial score (nSPS) is 23.0. The summed E-state index contributed by atoms with van der Waals surface area (Å²) in [7, 11) is 0. The van der Waals surface area contributed by atoms with Gasteiger partial charge in [0.2, 0.25) is 0 Å². The predicted octanol–water partition coefficient (Wildman–Crippen LogP) is 5.50. The van der Waals surface area contributed by atoms with Crippen LogP contribution in [-0.2, 0) is 11.2 Å². The monoisotopic (exact) mass is 421 g/mol. The second kappa shape index (κ2) is 9.04. The number of carbonyl (C=O) groups is 1. The summed E-state index contributed by atoms with van der Waals surface area (Å²) in [5.41, 5.74) is 3.44. The lowest BCUT2D eigenvalue weighted by Gasteiger charge is -2.41. The lowest BCUT2D eigenvalue weighted by molar-refractivity contribution is -0.133. The van der Waals surface area contributed by atoms with E-state index in [2.05, 4.69) is 43.4 Å². The maximum absolute atomic E-state index is 11.5. The van der Waals surface area contributed by atoms with Crippen LogP contribution in [0.5, 0.6) is 11.5 Å². The molecule has 164 valence electrons. The van der Waals surface area contributed by atoms with Gasteiger partial charge >= 0.3 is 5.97 Å².